The number of unbranched alkanes of at least 4 members (excludes halogenated alkanes) is 1. The van der Waals surface area contributed by atoms with Crippen molar-refractivity contribution in [1.82, 2.24) is 9.97 Å². The number of aromatic carboxylic acids is 1. The maximum atomic E-state index is 11.0. The standard InChI is InChI=1S/C16H20N4O2/c1-3-4-8-17-14-10-15(19-11(2)18-14)20-13-7-5-6-12(9-13)16(21)22/h5-7,9-10H,3-4,8H2,1-2H3,(H,21,22)(H2,17,18,19,20). The van der Waals surface area contributed by atoms with Crippen LogP contribution in [0.5, 0.6) is 0 Å². The number of hydrogen-bond acceptors (Lipinski definition) is 5. The lowest BCUT2D eigenvalue weighted by atomic mass is 10.2. The van der Waals surface area contributed by atoms with Gasteiger partial charge in [0.05, 0.1) is 5.56 Å². The van der Waals surface area contributed by atoms with Gasteiger partial charge in [-0.15, -0.1) is 0 Å². The number of aryl methyl sites for hydroxylation is 1. The van der Waals surface area contributed by atoms with Crippen LogP contribution in [0, 0.1) is 6.92 Å². The van der Waals surface area contributed by atoms with Gasteiger partial charge in [-0.1, -0.05) is 19.4 Å². The molecular formula is C16H20N4O2. The van der Waals surface area contributed by atoms with Crippen LogP contribution >= 0.6 is 0 Å². The predicted octanol–water partition coefficient (Wildman–Crippen LogP) is 3.44. The number of aromatic nitrogens is 2. The largest absolute Gasteiger partial charge is 0.478 e. The summed E-state index contributed by atoms with van der Waals surface area (Å²) in [5, 5.41) is 15.4. The Balaban J connectivity index is 2.15. The highest BCUT2D eigenvalue weighted by Crippen LogP contribution is 2.18. The molecule has 0 fully saturated rings. The van der Waals surface area contributed by atoms with E-state index < -0.39 is 5.97 Å². The Morgan fingerprint density at radius 3 is 2.73 bits per heavy atom. The van der Waals surface area contributed by atoms with E-state index >= 15 is 0 Å². The van der Waals surface area contributed by atoms with Gasteiger partial charge in [-0.3, -0.25) is 0 Å². The second-order valence-electron chi connectivity index (χ2n) is 4.98. The molecule has 1 heterocycles. The number of nitrogens with zero attached hydrogens (tertiary/aromatic N) is 2. The maximum Gasteiger partial charge on any atom is 0.335 e. The molecule has 0 saturated heterocycles. The molecule has 1 aromatic carbocycles. The Kier molecular flexibility index (Phi) is 5.30. The van der Waals surface area contributed by atoms with Crippen molar-refractivity contribution in [2.45, 2.75) is 26.7 Å². The molecule has 116 valence electrons. The first-order valence-electron chi connectivity index (χ1n) is 7.28. The van der Waals surface area contributed by atoms with Gasteiger partial charge < -0.3 is 15.7 Å². The second kappa shape index (κ2) is 7.40. The van der Waals surface area contributed by atoms with Gasteiger partial charge in [0.25, 0.3) is 0 Å². The molecule has 0 aliphatic carbocycles. The van der Waals surface area contributed by atoms with Gasteiger partial charge in [-0.2, -0.15) is 0 Å². The van der Waals surface area contributed by atoms with Crippen LogP contribution in [0.4, 0.5) is 17.3 Å². The minimum Gasteiger partial charge on any atom is -0.478 e. The minimum absolute atomic E-state index is 0.233. The average molecular weight is 300 g/mol. The van der Waals surface area contributed by atoms with Crippen LogP contribution in [0.25, 0.3) is 0 Å². The van der Waals surface area contributed by atoms with Gasteiger partial charge in [-0.05, 0) is 31.5 Å². The monoisotopic (exact) mass is 300 g/mol. The van der Waals surface area contributed by atoms with Crippen molar-refractivity contribution in [2.24, 2.45) is 0 Å². The highest BCUT2D eigenvalue weighted by Gasteiger charge is 2.05. The number of benzene rings is 1. The van der Waals surface area contributed by atoms with Crippen molar-refractivity contribution in [3.63, 3.8) is 0 Å². The number of carboxylic acid groups (broad SMARTS) is 1. The van der Waals surface area contributed by atoms with Crippen molar-refractivity contribution in [3.8, 4) is 0 Å². The summed E-state index contributed by atoms with van der Waals surface area (Å²) in [6, 6.07) is 8.44. The molecular weight excluding hydrogens is 280 g/mol. The summed E-state index contributed by atoms with van der Waals surface area (Å²) in [7, 11) is 0. The van der Waals surface area contributed by atoms with E-state index in [4.69, 9.17) is 5.11 Å². The van der Waals surface area contributed by atoms with Crippen molar-refractivity contribution in [1.29, 1.82) is 0 Å². The van der Waals surface area contributed by atoms with E-state index in [1.54, 1.807) is 24.3 Å². The quantitative estimate of drug-likeness (QED) is 0.679. The number of nitrogens with one attached hydrogen (secondary N) is 2. The Bertz CT molecular complexity index is 658. The molecule has 0 spiro atoms. The van der Waals surface area contributed by atoms with Crippen molar-refractivity contribution < 1.29 is 9.90 Å². The normalized spacial score (nSPS) is 10.3. The summed E-state index contributed by atoms with van der Waals surface area (Å²) < 4.78 is 0. The topological polar surface area (TPSA) is 87.1 Å². The summed E-state index contributed by atoms with van der Waals surface area (Å²) >= 11 is 0. The van der Waals surface area contributed by atoms with Crippen molar-refractivity contribution >= 4 is 23.3 Å². The third-order valence-corrected chi connectivity index (χ3v) is 3.06. The van der Waals surface area contributed by atoms with Gasteiger partial charge in [0.2, 0.25) is 0 Å². The van der Waals surface area contributed by atoms with E-state index in [1.165, 1.54) is 0 Å². The summed E-state index contributed by atoms with van der Waals surface area (Å²) in [4.78, 5) is 19.7. The lowest BCUT2D eigenvalue weighted by molar-refractivity contribution is 0.0697. The summed E-state index contributed by atoms with van der Waals surface area (Å²) in [5.41, 5.74) is 0.912. The Morgan fingerprint density at radius 2 is 2.00 bits per heavy atom. The zero-order valence-corrected chi connectivity index (χ0v) is 12.8. The number of carboxylic acids is 1. The Hall–Kier alpha value is -2.63. The first kappa shape index (κ1) is 15.8. The van der Waals surface area contributed by atoms with Gasteiger partial charge in [0.1, 0.15) is 17.5 Å². The van der Waals surface area contributed by atoms with E-state index in [2.05, 4.69) is 27.5 Å². The zero-order valence-electron chi connectivity index (χ0n) is 12.8. The summed E-state index contributed by atoms with van der Waals surface area (Å²) in [5.74, 6) is 1.09. The first-order chi connectivity index (χ1) is 10.6. The molecule has 6 nitrogen and oxygen atoms in total. The number of anilines is 3. The fourth-order valence-electron chi connectivity index (χ4n) is 1.99. The van der Waals surface area contributed by atoms with Crippen LogP contribution in [0.3, 0.4) is 0 Å². The minimum atomic E-state index is -0.954. The average Bonchev–Trinajstić information content (AvgIpc) is 2.47. The fraction of sp³-hybridized carbons (Fsp3) is 0.312. The van der Waals surface area contributed by atoms with Crippen LogP contribution in [-0.2, 0) is 0 Å². The zero-order chi connectivity index (χ0) is 15.9. The molecule has 3 N–H and O–H groups in total. The van der Waals surface area contributed by atoms with Crippen LogP contribution < -0.4 is 10.6 Å². The lowest BCUT2D eigenvalue weighted by Gasteiger charge is -2.10. The molecule has 2 aromatic rings. The van der Waals surface area contributed by atoms with E-state index in [9.17, 15) is 4.79 Å². The van der Waals surface area contributed by atoms with Crippen molar-refractivity contribution in [2.75, 3.05) is 17.2 Å². The SMILES string of the molecule is CCCCNc1cc(Nc2cccc(C(=O)O)c2)nc(C)n1. The van der Waals surface area contributed by atoms with E-state index in [0.29, 0.717) is 17.3 Å². The van der Waals surface area contributed by atoms with Crippen molar-refractivity contribution in [3.05, 3.63) is 41.7 Å². The highest BCUT2D eigenvalue weighted by molar-refractivity contribution is 5.89. The third kappa shape index (κ3) is 4.44. The second-order valence-corrected chi connectivity index (χ2v) is 4.98. The lowest BCUT2D eigenvalue weighted by Crippen LogP contribution is -2.06. The number of hydrogen-bond donors (Lipinski definition) is 3. The van der Waals surface area contributed by atoms with E-state index in [1.807, 2.05) is 13.0 Å². The number of rotatable bonds is 7. The molecule has 0 aliphatic heterocycles. The van der Waals surface area contributed by atoms with Crippen LogP contribution in [0.15, 0.2) is 30.3 Å². The van der Waals surface area contributed by atoms with Crippen LogP contribution in [0.1, 0.15) is 35.9 Å². The van der Waals surface area contributed by atoms with E-state index in [-0.39, 0.29) is 5.56 Å². The first-order valence-corrected chi connectivity index (χ1v) is 7.28. The fourth-order valence-corrected chi connectivity index (χ4v) is 1.99. The molecule has 0 unspecified atom stereocenters. The molecule has 0 saturated carbocycles. The highest BCUT2D eigenvalue weighted by atomic mass is 16.4. The molecule has 6 heteroatoms. The van der Waals surface area contributed by atoms with E-state index in [0.717, 1.165) is 25.2 Å². The summed E-state index contributed by atoms with van der Waals surface area (Å²) in [6.07, 6.45) is 2.19. The molecule has 1 aromatic heterocycles. The maximum absolute atomic E-state index is 11.0. The predicted molar refractivity (Wildman–Crippen MR) is 86.9 cm³/mol. The van der Waals surface area contributed by atoms with Crippen LogP contribution in [0.2, 0.25) is 0 Å². The molecule has 0 radical (unpaired) electrons. The van der Waals surface area contributed by atoms with Gasteiger partial charge in [-0.25, -0.2) is 14.8 Å². The van der Waals surface area contributed by atoms with Crippen LogP contribution in [-0.4, -0.2) is 27.6 Å². The van der Waals surface area contributed by atoms with Gasteiger partial charge in [0, 0.05) is 18.3 Å². The molecule has 0 amide bonds. The van der Waals surface area contributed by atoms with Gasteiger partial charge in [0.15, 0.2) is 0 Å². The molecule has 0 bridgehead atoms. The third-order valence-electron chi connectivity index (χ3n) is 3.06. The molecule has 0 atom stereocenters. The molecule has 2 rings (SSSR count). The Labute approximate surface area is 129 Å². The Morgan fingerprint density at radius 1 is 1.23 bits per heavy atom. The molecule has 22 heavy (non-hydrogen) atoms. The number of carbonyl (C=O) groups is 1. The smallest absolute Gasteiger partial charge is 0.335 e. The van der Waals surface area contributed by atoms with Gasteiger partial charge >= 0.3 is 5.97 Å². The summed E-state index contributed by atoms with van der Waals surface area (Å²) in [6.45, 7) is 4.82. The molecule has 0 aliphatic rings.